The predicted molar refractivity (Wildman–Crippen MR) is 79.7 cm³/mol. The molecule has 0 aliphatic carbocycles. The second kappa shape index (κ2) is 6.54. The topological polar surface area (TPSA) is 58.4 Å². The van der Waals surface area contributed by atoms with Crippen LogP contribution in [0, 0.1) is 0 Å². The van der Waals surface area contributed by atoms with E-state index in [1.54, 1.807) is 6.20 Å². The lowest BCUT2D eigenvalue weighted by Gasteiger charge is -2.27. The molecule has 1 aromatic carbocycles. The van der Waals surface area contributed by atoms with Crippen molar-refractivity contribution in [2.45, 2.75) is 12.8 Å². The minimum atomic E-state index is 0.177. The number of rotatable bonds is 4. The van der Waals surface area contributed by atoms with Crippen LogP contribution in [0.5, 0.6) is 0 Å². The van der Waals surface area contributed by atoms with Crippen LogP contribution in [0.2, 0.25) is 0 Å². The van der Waals surface area contributed by atoms with Gasteiger partial charge in [0.15, 0.2) is 11.7 Å². The number of hydrogen-bond acceptors (Lipinski definition) is 4. The number of oxazole rings is 1. The molecule has 0 radical (unpaired) electrons. The molecule has 5 nitrogen and oxygen atoms in total. The number of carbonyl (C=O) groups is 1. The first kappa shape index (κ1) is 13.8. The van der Waals surface area contributed by atoms with Crippen LogP contribution in [0.1, 0.15) is 12.3 Å². The molecule has 1 amide bonds. The van der Waals surface area contributed by atoms with Crippen molar-refractivity contribution in [3.05, 3.63) is 42.4 Å². The zero-order chi connectivity index (χ0) is 14.5. The molecule has 0 atom stereocenters. The lowest BCUT2D eigenvalue weighted by molar-refractivity contribution is -0.131. The van der Waals surface area contributed by atoms with Gasteiger partial charge in [-0.2, -0.15) is 0 Å². The Labute approximate surface area is 124 Å². The summed E-state index contributed by atoms with van der Waals surface area (Å²) in [6, 6.07) is 9.86. The van der Waals surface area contributed by atoms with Crippen molar-refractivity contribution in [3.63, 3.8) is 0 Å². The molecule has 0 bridgehead atoms. The van der Waals surface area contributed by atoms with E-state index >= 15 is 0 Å². The average molecular weight is 285 g/mol. The van der Waals surface area contributed by atoms with Gasteiger partial charge in [0.25, 0.3) is 0 Å². The molecule has 1 N–H and O–H groups in total. The Morgan fingerprint density at radius 1 is 1.24 bits per heavy atom. The van der Waals surface area contributed by atoms with Crippen molar-refractivity contribution < 1.29 is 9.21 Å². The molecule has 21 heavy (non-hydrogen) atoms. The number of amides is 1. The van der Waals surface area contributed by atoms with Crippen molar-refractivity contribution in [1.29, 1.82) is 0 Å². The third-order valence-corrected chi connectivity index (χ3v) is 3.63. The molecule has 2 heterocycles. The Balaban J connectivity index is 1.56. The molecule has 5 heteroatoms. The largest absolute Gasteiger partial charge is 0.441 e. The second-order valence-electron chi connectivity index (χ2n) is 5.12. The SMILES string of the molecule is O=C(CCc1ncc(-c2ccccc2)o1)N1CCNCC1. The van der Waals surface area contributed by atoms with Gasteiger partial charge >= 0.3 is 0 Å². The number of aryl methyl sites for hydroxylation is 1. The van der Waals surface area contributed by atoms with Gasteiger partial charge in [-0.05, 0) is 0 Å². The average Bonchev–Trinajstić information content (AvgIpc) is 3.03. The van der Waals surface area contributed by atoms with Crippen molar-refractivity contribution in [3.8, 4) is 11.3 Å². The standard InChI is InChI=1S/C16H19N3O2/c20-16(19-10-8-17-9-11-19)7-6-15-18-12-14(21-15)13-4-2-1-3-5-13/h1-5,12,17H,6-11H2. The summed E-state index contributed by atoms with van der Waals surface area (Å²) >= 11 is 0. The molecule has 2 aromatic rings. The van der Waals surface area contributed by atoms with Crippen LogP contribution < -0.4 is 5.32 Å². The first-order chi connectivity index (χ1) is 10.3. The minimum Gasteiger partial charge on any atom is -0.441 e. The zero-order valence-corrected chi connectivity index (χ0v) is 11.9. The summed E-state index contributed by atoms with van der Waals surface area (Å²) in [4.78, 5) is 18.2. The number of nitrogens with one attached hydrogen (secondary N) is 1. The molecule has 0 saturated carbocycles. The van der Waals surface area contributed by atoms with Gasteiger partial charge in [-0.3, -0.25) is 4.79 Å². The molecule has 1 fully saturated rings. The van der Waals surface area contributed by atoms with Crippen LogP contribution in [0.4, 0.5) is 0 Å². The van der Waals surface area contributed by atoms with E-state index in [-0.39, 0.29) is 5.91 Å². The van der Waals surface area contributed by atoms with Crippen LogP contribution in [0.15, 0.2) is 40.9 Å². The van der Waals surface area contributed by atoms with Gasteiger partial charge in [-0.1, -0.05) is 30.3 Å². The summed E-state index contributed by atoms with van der Waals surface area (Å²) in [5.41, 5.74) is 1.00. The van der Waals surface area contributed by atoms with Gasteiger partial charge in [-0.15, -0.1) is 0 Å². The number of nitrogens with zero attached hydrogens (tertiary/aromatic N) is 2. The van der Waals surface area contributed by atoms with E-state index in [2.05, 4.69) is 10.3 Å². The van der Waals surface area contributed by atoms with E-state index in [0.29, 0.717) is 18.7 Å². The van der Waals surface area contributed by atoms with Gasteiger partial charge in [0.05, 0.1) is 6.20 Å². The Morgan fingerprint density at radius 2 is 2.00 bits per heavy atom. The van der Waals surface area contributed by atoms with E-state index in [1.807, 2.05) is 35.2 Å². The highest BCUT2D eigenvalue weighted by Crippen LogP contribution is 2.20. The van der Waals surface area contributed by atoms with E-state index in [1.165, 1.54) is 0 Å². The number of hydrogen-bond donors (Lipinski definition) is 1. The molecular weight excluding hydrogens is 266 g/mol. The van der Waals surface area contributed by atoms with E-state index in [9.17, 15) is 4.79 Å². The van der Waals surface area contributed by atoms with Crippen molar-refractivity contribution >= 4 is 5.91 Å². The van der Waals surface area contributed by atoms with Crippen LogP contribution in [-0.4, -0.2) is 42.0 Å². The van der Waals surface area contributed by atoms with Gasteiger partial charge in [-0.25, -0.2) is 4.98 Å². The summed E-state index contributed by atoms with van der Waals surface area (Å²) in [6.07, 6.45) is 2.73. The van der Waals surface area contributed by atoms with Gasteiger partial charge in [0.2, 0.25) is 5.91 Å². The normalized spacial score (nSPS) is 15.1. The van der Waals surface area contributed by atoms with Crippen LogP contribution in [0.3, 0.4) is 0 Å². The van der Waals surface area contributed by atoms with Gasteiger partial charge < -0.3 is 14.6 Å². The molecule has 1 aliphatic rings. The van der Waals surface area contributed by atoms with E-state index in [0.717, 1.165) is 37.5 Å². The third-order valence-electron chi connectivity index (χ3n) is 3.63. The second-order valence-corrected chi connectivity index (χ2v) is 5.12. The van der Waals surface area contributed by atoms with Crippen LogP contribution in [-0.2, 0) is 11.2 Å². The maximum absolute atomic E-state index is 12.1. The number of aromatic nitrogens is 1. The molecule has 1 saturated heterocycles. The van der Waals surface area contributed by atoms with Crippen LogP contribution in [0.25, 0.3) is 11.3 Å². The highest BCUT2D eigenvalue weighted by atomic mass is 16.4. The molecule has 0 spiro atoms. The van der Waals surface area contributed by atoms with E-state index in [4.69, 9.17) is 4.42 Å². The summed E-state index contributed by atoms with van der Waals surface area (Å²) in [7, 11) is 0. The highest BCUT2D eigenvalue weighted by Gasteiger charge is 2.17. The fraction of sp³-hybridized carbons (Fsp3) is 0.375. The maximum Gasteiger partial charge on any atom is 0.223 e. The van der Waals surface area contributed by atoms with Crippen molar-refractivity contribution in [1.82, 2.24) is 15.2 Å². The molecule has 0 unspecified atom stereocenters. The summed E-state index contributed by atoms with van der Waals surface area (Å²) in [5.74, 6) is 1.55. The van der Waals surface area contributed by atoms with Crippen LogP contribution >= 0.6 is 0 Å². The van der Waals surface area contributed by atoms with Gasteiger partial charge in [0, 0.05) is 44.6 Å². The molecule has 3 rings (SSSR count). The lowest BCUT2D eigenvalue weighted by atomic mass is 10.2. The molecular formula is C16H19N3O2. The fourth-order valence-electron chi connectivity index (χ4n) is 2.45. The quantitative estimate of drug-likeness (QED) is 0.929. The Kier molecular flexibility index (Phi) is 4.31. The number of piperazine rings is 1. The summed E-state index contributed by atoms with van der Waals surface area (Å²) in [5, 5.41) is 3.24. The van der Waals surface area contributed by atoms with Crippen molar-refractivity contribution in [2.24, 2.45) is 0 Å². The van der Waals surface area contributed by atoms with Crippen molar-refractivity contribution in [2.75, 3.05) is 26.2 Å². The molecule has 1 aromatic heterocycles. The van der Waals surface area contributed by atoms with E-state index < -0.39 is 0 Å². The fourth-order valence-corrected chi connectivity index (χ4v) is 2.45. The third kappa shape index (κ3) is 3.49. The Hall–Kier alpha value is -2.14. The lowest BCUT2D eigenvalue weighted by Crippen LogP contribution is -2.46. The summed E-state index contributed by atoms with van der Waals surface area (Å²) < 4.78 is 5.71. The predicted octanol–water partition coefficient (Wildman–Crippen LogP) is 1.71. The first-order valence-electron chi connectivity index (χ1n) is 7.31. The first-order valence-corrected chi connectivity index (χ1v) is 7.31. The number of benzene rings is 1. The zero-order valence-electron chi connectivity index (χ0n) is 11.9. The molecule has 1 aliphatic heterocycles. The smallest absolute Gasteiger partial charge is 0.223 e. The number of carbonyl (C=O) groups excluding carboxylic acids is 1. The Morgan fingerprint density at radius 3 is 2.76 bits per heavy atom. The Bertz CT molecular complexity index is 589. The minimum absolute atomic E-state index is 0.177. The summed E-state index contributed by atoms with van der Waals surface area (Å²) in [6.45, 7) is 3.34. The van der Waals surface area contributed by atoms with Gasteiger partial charge in [0.1, 0.15) is 0 Å². The molecule has 110 valence electrons. The monoisotopic (exact) mass is 285 g/mol. The maximum atomic E-state index is 12.1. The highest BCUT2D eigenvalue weighted by molar-refractivity contribution is 5.76.